The van der Waals surface area contributed by atoms with E-state index in [9.17, 15) is 9.90 Å². The zero-order chi connectivity index (χ0) is 20.0. The summed E-state index contributed by atoms with van der Waals surface area (Å²) in [6.45, 7) is 12.1. The van der Waals surface area contributed by atoms with Crippen LogP contribution in [0.3, 0.4) is 0 Å². The van der Waals surface area contributed by atoms with Crippen molar-refractivity contribution in [3.63, 3.8) is 0 Å². The van der Waals surface area contributed by atoms with Crippen molar-refractivity contribution in [1.29, 1.82) is 0 Å². The number of fused-ring (bicyclic) bond motifs is 1. The molecule has 0 bridgehead atoms. The number of rotatable bonds is 2. The number of nitrogens with one attached hydrogen (secondary N) is 2. The summed E-state index contributed by atoms with van der Waals surface area (Å²) in [5, 5.41) is 13.6. The molecule has 0 aliphatic carbocycles. The molecule has 2 aromatic carbocycles. The fourth-order valence-corrected chi connectivity index (χ4v) is 3.10. The minimum Gasteiger partial charge on any atom is -0.507 e. The molecule has 0 unspecified atom stereocenters. The molecule has 1 heterocycles. The van der Waals surface area contributed by atoms with Crippen LogP contribution >= 0.6 is 0 Å². The molecule has 0 atom stereocenters. The van der Waals surface area contributed by atoms with Crippen molar-refractivity contribution in [2.24, 2.45) is 0 Å². The van der Waals surface area contributed by atoms with Crippen LogP contribution in [0.5, 0.6) is 5.75 Å². The van der Waals surface area contributed by atoms with Crippen molar-refractivity contribution in [3.8, 4) is 5.75 Å². The van der Waals surface area contributed by atoms with Crippen LogP contribution in [0.2, 0.25) is 0 Å². The Bertz CT molecular complexity index is 936. The minimum atomic E-state index is -0.292. The summed E-state index contributed by atoms with van der Waals surface area (Å²) in [7, 11) is 0. The maximum atomic E-state index is 12.9. The van der Waals surface area contributed by atoms with Gasteiger partial charge in [-0.15, -0.1) is 0 Å². The number of aromatic hydroxyl groups is 1. The van der Waals surface area contributed by atoms with E-state index in [1.165, 1.54) is 0 Å². The Hall–Kier alpha value is -2.82. The highest BCUT2D eigenvalue weighted by atomic mass is 16.3. The minimum absolute atomic E-state index is 0.259. The van der Waals surface area contributed by atoms with Crippen molar-refractivity contribution in [2.75, 3.05) is 5.32 Å². The number of H-pyrrole nitrogens is 1. The third-order valence-electron chi connectivity index (χ3n) is 4.61. The van der Waals surface area contributed by atoms with Gasteiger partial charge in [-0.05, 0) is 35.1 Å². The normalized spacial score (nSPS) is 12.4. The van der Waals surface area contributed by atoms with Crippen LogP contribution < -0.4 is 5.32 Å². The fourth-order valence-electron chi connectivity index (χ4n) is 3.10. The number of amides is 1. The summed E-state index contributed by atoms with van der Waals surface area (Å²) in [6.07, 6.45) is 0. The van der Waals surface area contributed by atoms with Crippen LogP contribution in [0.25, 0.3) is 11.0 Å². The van der Waals surface area contributed by atoms with E-state index in [-0.39, 0.29) is 22.5 Å². The second kappa shape index (κ2) is 6.41. The molecule has 3 aromatic rings. The molecule has 1 aromatic heterocycles. The molecule has 3 N–H and O–H groups in total. The highest BCUT2D eigenvalue weighted by Gasteiger charge is 2.28. The van der Waals surface area contributed by atoms with Crippen molar-refractivity contribution in [2.45, 2.75) is 52.4 Å². The lowest BCUT2D eigenvalue weighted by Gasteiger charge is -2.28. The first-order valence-corrected chi connectivity index (χ1v) is 9.11. The van der Waals surface area contributed by atoms with Crippen LogP contribution in [0.4, 0.5) is 5.95 Å². The van der Waals surface area contributed by atoms with Crippen molar-refractivity contribution >= 4 is 22.9 Å². The lowest BCUT2D eigenvalue weighted by atomic mass is 9.78. The summed E-state index contributed by atoms with van der Waals surface area (Å²) in [5.41, 5.74) is 3.09. The van der Waals surface area contributed by atoms with E-state index in [1.54, 1.807) is 12.1 Å². The number of aromatic amines is 1. The molecule has 1 amide bonds. The third kappa shape index (κ3) is 3.82. The molecule has 0 saturated carbocycles. The average molecular weight is 365 g/mol. The molecule has 3 rings (SSSR count). The second-order valence-electron chi connectivity index (χ2n) is 8.98. The smallest absolute Gasteiger partial charge is 0.257 e. The Morgan fingerprint density at radius 2 is 1.56 bits per heavy atom. The van der Waals surface area contributed by atoms with Gasteiger partial charge in [0.15, 0.2) is 0 Å². The molecule has 5 heteroatoms. The van der Waals surface area contributed by atoms with Crippen LogP contribution in [0.1, 0.15) is 63.0 Å². The molecule has 27 heavy (non-hydrogen) atoms. The summed E-state index contributed by atoms with van der Waals surface area (Å²) >= 11 is 0. The first-order chi connectivity index (χ1) is 12.5. The van der Waals surface area contributed by atoms with Crippen molar-refractivity contribution < 1.29 is 9.90 Å². The van der Waals surface area contributed by atoms with E-state index >= 15 is 0 Å². The number of hydrogen-bond acceptors (Lipinski definition) is 3. The summed E-state index contributed by atoms with van der Waals surface area (Å²) in [6, 6.07) is 11.1. The van der Waals surface area contributed by atoms with E-state index in [1.807, 2.05) is 65.8 Å². The Morgan fingerprint density at radius 3 is 2.07 bits per heavy atom. The number of carbonyl (C=O) groups is 1. The SMILES string of the molecule is CC(C)(C)c1cc(C(=O)Nc2nc3ccccc3[nH]2)cc(C(C)(C)C)c1O. The van der Waals surface area contributed by atoms with E-state index in [0.29, 0.717) is 11.5 Å². The van der Waals surface area contributed by atoms with Gasteiger partial charge in [0.2, 0.25) is 5.95 Å². The largest absolute Gasteiger partial charge is 0.507 e. The van der Waals surface area contributed by atoms with Gasteiger partial charge in [-0.25, -0.2) is 4.98 Å². The number of anilines is 1. The number of para-hydroxylation sites is 2. The van der Waals surface area contributed by atoms with Gasteiger partial charge in [-0.1, -0.05) is 53.7 Å². The predicted octanol–water partition coefficient (Wildman–Crippen LogP) is 5.12. The van der Waals surface area contributed by atoms with Crippen LogP contribution in [0, 0.1) is 0 Å². The Kier molecular flexibility index (Phi) is 4.50. The van der Waals surface area contributed by atoms with E-state index in [2.05, 4.69) is 15.3 Å². The van der Waals surface area contributed by atoms with Gasteiger partial charge in [0, 0.05) is 16.7 Å². The fraction of sp³-hybridized carbons (Fsp3) is 0.364. The molecule has 0 aliphatic heterocycles. The Balaban J connectivity index is 2.03. The first-order valence-electron chi connectivity index (χ1n) is 9.11. The van der Waals surface area contributed by atoms with Crippen molar-refractivity contribution in [3.05, 3.63) is 53.1 Å². The predicted molar refractivity (Wildman–Crippen MR) is 110 cm³/mol. The molecule has 0 saturated heterocycles. The van der Waals surface area contributed by atoms with E-state index < -0.39 is 0 Å². The summed E-state index contributed by atoms with van der Waals surface area (Å²) in [5.74, 6) is 0.407. The zero-order valence-corrected chi connectivity index (χ0v) is 16.8. The van der Waals surface area contributed by atoms with Crippen LogP contribution in [0.15, 0.2) is 36.4 Å². The number of phenols is 1. The maximum absolute atomic E-state index is 12.9. The second-order valence-corrected chi connectivity index (χ2v) is 8.98. The zero-order valence-electron chi connectivity index (χ0n) is 16.8. The monoisotopic (exact) mass is 365 g/mol. The van der Waals surface area contributed by atoms with Gasteiger partial charge in [0.05, 0.1) is 11.0 Å². The molecule has 5 nitrogen and oxygen atoms in total. The summed E-state index contributed by atoms with van der Waals surface area (Å²) < 4.78 is 0. The maximum Gasteiger partial charge on any atom is 0.257 e. The number of aromatic nitrogens is 2. The molecule has 0 fully saturated rings. The summed E-state index contributed by atoms with van der Waals surface area (Å²) in [4.78, 5) is 20.4. The number of carbonyl (C=O) groups excluding carboxylic acids is 1. The van der Waals surface area contributed by atoms with Gasteiger partial charge in [-0.3, -0.25) is 10.1 Å². The van der Waals surface area contributed by atoms with E-state index in [4.69, 9.17) is 0 Å². The topological polar surface area (TPSA) is 78.0 Å². The number of hydrogen-bond donors (Lipinski definition) is 3. The Labute approximate surface area is 159 Å². The van der Waals surface area contributed by atoms with E-state index in [0.717, 1.165) is 22.2 Å². The van der Waals surface area contributed by atoms with Gasteiger partial charge in [-0.2, -0.15) is 0 Å². The number of phenolic OH excluding ortho intramolecular Hbond substituents is 1. The standard InChI is InChI=1S/C22H27N3O2/c1-21(2,3)14-11-13(12-15(18(14)26)22(4,5)6)19(27)25-20-23-16-9-7-8-10-17(16)24-20/h7-12,26H,1-6H3,(H2,23,24,25,27). The molecule has 0 aliphatic rings. The Morgan fingerprint density at radius 1 is 1.00 bits per heavy atom. The highest BCUT2D eigenvalue weighted by Crippen LogP contribution is 2.39. The molecule has 0 spiro atoms. The van der Waals surface area contributed by atoms with Crippen LogP contribution in [-0.4, -0.2) is 21.0 Å². The lowest BCUT2D eigenvalue weighted by Crippen LogP contribution is -2.21. The lowest BCUT2D eigenvalue weighted by molar-refractivity contribution is 0.102. The molecule has 142 valence electrons. The molecular formula is C22H27N3O2. The van der Waals surface area contributed by atoms with Gasteiger partial charge in [0.1, 0.15) is 5.75 Å². The van der Waals surface area contributed by atoms with Gasteiger partial charge < -0.3 is 10.1 Å². The number of benzene rings is 2. The number of nitrogens with zero attached hydrogens (tertiary/aromatic N) is 1. The first kappa shape index (κ1) is 19.0. The molecular weight excluding hydrogens is 338 g/mol. The highest BCUT2D eigenvalue weighted by molar-refractivity contribution is 6.04. The molecule has 0 radical (unpaired) electrons. The van der Waals surface area contributed by atoms with Gasteiger partial charge >= 0.3 is 0 Å². The van der Waals surface area contributed by atoms with Crippen molar-refractivity contribution in [1.82, 2.24) is 9.97 Å². The van der Waals surface area contributed by atoms with Gasteiger partial charge in [0.25, 0.3) is 5.91 Å². The van der Waals surface area contributed by atoms with Crippen LogP contribution in [-0.2, 0) is 10.8 Å². The number of imidazole rings is 1. The third-order valence-corrected chi connectivity index (χ3v) is 4.61. The quantitative estimate of drug-likeness (QED) is 0.590. The average Bonchev–Trinajstić information content (AvgIpc) is 2.94.